The van der Waals surface area contributed by atoms with Crippen LogP contribution in [0.5, 0.6) is 0 Å². The van der Waals surface area contributed by atoms with Crippen LogP contribution in [-0.4, -0.2) is 16.5 Å². The molecule has 0 aliphatic rings. The second kappa shape index (κ2) is 21.4. The summed E-state index contributed by atoms with van der Waals surface area (Å²) in [5.74, 6) is 1.02. The highest BCUT2D eigenvalue weighted by Crippen LogP contribution is 2.20. The van der Waals surface area contributed by atoms with Crippen molar-refractivity contribution in [3.8, 4) is 0 Å². The molecule has 0 spiro atoms. The number of anilines is 1. The zero-order valence-corrected chi connectivity index (χ0v) is 24.0. The Labute approximate surface area is 223 Å². The van der Waals surface area contributed by atoms with E-state index in [1.165, 1.54) is 135 Å². The predicted octanol–water partition coefficient (Wildman–Crippen LogP) is 10.8. The van der Waals surface area contributed by atoms with Gasteiger partial charge in [0.05, 0.1) is 16.7 Å². The molecule has 1 N–H and O–H groups in total. The number of nitrogens with zero attached hydrogens (tertiary/aromatic N) is 2. The van der Waals surface area contributed by atoms with Gasteiger partial charge in [0.1, 0.15) is 5.82 Å². The van der Waals surface area contributed by atoms with Gasteiger partial charge in [-0.05, 0) is 31.4 Å². The van der Waals surface area contributed by atoms with E-state index in [1.54, 1.807) is 0 Å². The largest absolute Gasteiger partial charge is 0.369 e. The Hall–Kier alpha value is -1.64. The molecule has 0 bridgehead atoms. The van der Waals surface area contributed by atoms with Gasteiger partial charge in [0, 0.05) is 6.54 Å². The topological polar surface area (TPSA) is 37.8 Å². The first kappa shape index (κ1) is 30.6. The molecule has 0 atom stereocenters. The Bertz CT molecular complexity index is 708. The van der Waals surface area contributed by atoms with E-state index >= 15 is 0 Å². The highest BCUT2D eigenvalue weighted by atomic mass is 15.0. The molecule has 0 fully saturated rings. The lowest BCUT2D eigenvalue weighted by atomic mass is 10.0. The summed E-state index contributed by atoms with van der Waals surface area (Å²) in [7, 11) is 0. The van der Waals surface area contributed by atoms with Crippen molar-refractivity contribution in [3.63, 3.8) is 0 Å². The fourth-order valence-corrected chi connectivity index (χ4v) is 5.13. The molecule has 1 aromatic heterocycles. The van der Waals surface area contributed by atoms with Crippen LogP contribution in [-0.2, 0) is 6.42 Å². The van der Waals surface area contributed by atoms with E-state index in [0.29, 0.717) is 0 Å². The average molecular weight is 496 g/mol. The van der Waals surface area contributed by atoms with Crippen LogP contribution >= 0.6 is 0 Å². The fourth-order valence-electron chi connectivity index (χ4n) is 5.13. The summed E-state index contributed by atoms with van der Waals surface area (Å²) in [6, 6.07) is 8.31. The molecule has 204 valence electrons. The van der Waals surface area contributed by atoms with E-state index in [0.717, 1.165) is 35.5 Å². The summed E-state index contributed by atoms with van der Waals surface area (Å²) in [6.07, 6.45) is 29.9. The van der Waals surface area contributed by atoms with Crippen LogP contribution in [0.2, 0.25) is 0 Å². The molecule has 0 saturated carbocycles. The van der Waals surface area contributed by atoms with Crippen LogP contribution in [0.25, 0.3) is 11.0 Å². The van der Waals surface area contributed by atoms with Crippen LogP contribution in [0.3, 0.4) is 0 Å². The molecule has 0 radical (unpaired) electrons. The Kier molecular flexibility index (Phi) is 18.2. The van der Waals surface area contributed by atoms with E-state index in [4.69, 9.17) is 9.97 Å². The maximum absolute atomic E-state index is 5.00. The molecule has 0 aliphatic carbocycles. The highest BCUT2D eigenvalue weighted by molar-refractivity contribution is 5.76. The molecule has 1 heterocycles. The zero-order chi connectivity index (χ0) is 25.5. The van der Waals surface area contributed by atoms with Gasteiger partial charge in [-0.1, -0.05) is 148 Å². The molecule has 3 nitrogen and oxygen atoms in total. The van der Waals surface area contributed by atoms with Gasteiger partial charge in [-0.25, -0.2) is 9.97 Å². The molecule has 36 heavy (non-hydrogen) atoms. The number of aromatic nitrogens is 2. The van der Waals surface area contributed by atoms with Crippen molar-refractivity contribution >= 4 is 16.9 Å². The minimum atomic E-state index is 1.01. The summed E-state index contributed by atoms with van der Waals surface area (Å²) in [5, 5.41) is 3.65. The lowest BCUT2D eigenvalue weighted by molar-refractivity contribution is 0.549. The standard InChI is InChI=1S/C33H57N3/c1-3-5-7-9-11-13-15-16-18-20-22-28-32-33(36-31-27-24-23-26-30(31)35-32)34-29-25-21-19-17-14-12-10-8-6-4-2/h23-24,26-27H,3-22,25,28-29H2,1-2H3,(H,34,36). The summed E-state index contributed by atoms with van der Waals surface area (Å²) in [4.78, 5) is 9.96. The maximum atomic E-state index is 5.00. The van der Waals surface area contributed by atoms with Crippen LogP contribution in [0.15, 0.2) is 24.3 Å². The normalized spacial score (nSPS) is 11.4. The number of hydrogen-bond donors (Lipinski definition) is 1. The number of aryl methyl sites for hydroxylation is 1. The minimum Gasteiger partial charge on any atom is -0.369 e. The van der Waals surface area contributed by atoms with Crippen LogP contribution < -0.4 is 5.32 Å². The lowest BCUT2D eigenvalue weighted by Gasteiger charge is -2.12. The second-order valence-corrected chi connectivity index (χ2v) is 10.9. The van der Waals surface area contributed by atoms with Gasteiger partial charge in [-0.2, -0.15) is 0 Å². The van der Waals surface area contributed by atoms with Crippen molar-refractivity contribution in [1.82, 2.24) is 9.97 Å². The third kappa shape index (κ3) is 14.2. The quantitative estimate of drug-likeness (QED) is 0.147. The second-order valence-electron chi connectivity index (χ2n) is 10.9. The van der Waals surface area contributed by atoms with Crippen molar-refractivity contribution in [2.75, 3.05) is 11.9 Å². The van der Waals surface area contributed by atoms with E-state index in [1.807, 2.05) is 0 Å². The molecule has 2 rings (SSSR count). The van der Waals surface area contributed by atoms with Crippen molar-refractivity contribution in [2.45, 2.75) is 155 Å². The summed E-state index contributed by atoms with van der Waals surface area (Å²) in [5.41, 5.74) is 3.20. The fraction of sp³-hybridized carbons (Fsp3) is 0.758. The zero-order valence-electron chi connectivity index (χ0n) is 24.0. The molecule has 0 unspecified atom stereocenters. The molecule has 0 saturated heterocycles. The average Bonchev–Trinajstić information content (AvgIpc) is 2.90. The first-order valence-electron chi connectivity index (χ1n) is 15.8. The predicted molar refractivity (Wildman–Crippen MR) is 160 cm³/mol. The number of benzene rings is 1. The third-order valence-electron chi connectivity index (χ3n) is 7.48. The number of hydrogen-bond acceptors (Lipinski definition) is 3. The monoisotopic (exact) mass is 495 g/mol. The smallest absolute Gasteiger partial charge is 0.148 e. The van der Waals surface area contributed by atoms with Gasteiger partial charge in [0.25, 0.3) is 0 Å². The third-order valence-corrected chi connectivity index (χ3v) is 7.48. The van der Waals surface area contributed by atoms with Gasteiger partial charge < -0.3 is 5.32 Å². The maximum Gasteiger partial charge on any atom is 0.148 e. The van der Waals surface area contributed by atoms with Crippen LogP contribution in [0, 0.1) is 0 Å². The molecular weight excluding hydrogens is 438 g/mol. The number of para-hydroxylation sites is 2. The minimum absolute atomic E-state index is 1.01. The van der Waals surface area contributed by atoms with E-state index in [-0.39, 0.29) is 0 Å². The Morgan fingerprint density at radius 2 is 0.917 bits per heavy atom. The first-order valence-corrected chi connectivity index (χ1v) is 15.8. The number of nitrogens with one attached hydrogen (secondary N) is 1. The molecule has 2 aromatic rings. The van der Waals surface area contributed by atoms with E-state index < -0.39 is 0 Å². The summed E-state index contributed by atoms with van der Waals surface area (Å²) in [6.45, 7) is 5.59. The van der Waals surface area contributed by atoms with Crippen LogP contribution in [0.1, 0.15) is 154 Å². The lowest BCUT2D eigenvalue weighted by Crippen LogP contribution is -2.08. The van der Waals surface area contributed by atoms with E-state index in [2.05, 4.69) is 43.4 Å². The Balaban J connectivity index is 1.63. The first-order chi connectivity index (χ1) is 17.8. The van der Waals surface area contributed by atoms with Crippen molar-refractivity contribution < 1.29 is 0 Å². The van der Waals surface area contributed by atoms with Gasteiger partial charge in [0.2, 0.25) is 0 Å². The molecule has 0 amide bonds. The Morgan fingerprint density at radius 1 is 0.500 bits per heavy atom. The van der Waals surface area contributed by atoms with Gasteiger partial charge in [-0.15, -0.1) is 0 Å². The van der Waals surface area contributed by atoms with Gasteiger partial charge in [-0.3, -0.25) is 0 Å². The Morgan fingerprint density at radius 3 is 1.42 bits per heavy atom. The van der Waals surface area contributed by atoms with E-state index in [9.17, 15) is 0 Å². The molecular formula is C33H57N3. The summed E-state index contributed by atoms with van der Waals surface area (Å²) >= 11 is 0. The SMILES string of the molecule is CCCCCCCCCCCCCc1nc2ccccc2nc1NCCCCCCCCCCCC. The molecule has 1 aromatic carbocycles. The van der Waals surface area contributed by atoms with Gasteiger partial charge >= 0.3 is 0 Å². The molecule has 3 heteroatoms. The van der Waals surface area contributed by atoms with Crippen molar-refractivity contribution in [3.05, 3.63) is 30.0 Å². The van der Waals surface area contributed by atoms with Crippen LogP contribution in [0.4, 0.5) is 5.82 Å². The number of rotatable bonds is 24. The highest BCUT2D eigenvalue weighted by Gasteiger charge is 2.08. The number of unbranched alkanes of at least 4 members (excludes halogenated alkanes) is 19. The van der Waals surface area contributed by atoms with Crippen molar-refractivity contribution in [2.24, 2.45) is 0 Å². The number of fused-ring (bicyclic) bond motifs is 1. The van der Waals surface area contributed by atoms with Gasteiger partial charge in [0.15, 0.2) is 0 Å². The van der Waals surface area contributed by atoms with Crippen molar-refractivity contribution in [1.29, 1.82) is 0 Å². The summed E-state index contributed by atoms with van der Waals surface area (Å²) < 4.78 is 0. The molecule has 0 aliphatic heterocycles.